The lowest BCUT2D eigenvalue weighted by atomic mass is 10.1. The van der Waals surface area contributed by atoms with Gasteiger partial charge in [0.05, 0.1) is 10.6 Å². The number of rotatable bonds is 4. The molecule has 1 rings (SSSR count). The largest absolute Gasteiger partial charge is 0.534 e. The second-order valence-electron chi connectivity index (χ2n) is 4.10. The Balaban J connectivity index is 3.71. The van der Waals surface area contributed by atoms with Crippen LogP contribution in [0.4, 0.5) is 18.9 Å². The van der Waals surface area contributed by atoms with E-state index in [1.165, 1.54) is 6.92 Å². The fourth-order valence-electron chi connectivity index (χ4n) is 1.50. The van der Waals surface area contributed by atoms with Gasteiger partial charge in [-0.05, 0) is 25.1 Å². The number of halogens is 4. The number of Topliss-reactive ketones (excluding diaryl/α,β-unsaturated/α-hetero) is 1. The minimum absolute atomic E-state index is 0.181. The number of alkyl halides is 3. The van der Waals surface area contributed by atoms with Crippen LogP contribution in [-0.2, 0) is 10.1 Å². The lowest BCUT2D eigenvalue weighted by molar-refractivity contribution is -1.19. The van der Waals surface area contributed by atoms with Crippen molar-refractivity contribution in [2.24, 2.45) is 0 Å². The minimum Gasteiger partial charge on any atom is -0.369 e. The van der Waals surface area contributed by atoms with Crippen LogP contribution in [0.1, 0.15) is 22.8 Å². The van der Waals surface area contributed by atoms with E-state index in [4.69, 9.17) is 22.0 Å². The maximum atomic E-state index is 12.4. The maximum Gasteiger partial charge on any atom is 0.534 e. The SMILES string of the molecule is CC(=O)c1cc(Cl)c(C)c([NH+](O)O)c1OS(=O)(=O)C(F)(F)F. The van der Waals surface area contributed by atoms with Crippen LogP contribution in [0.15, 0.2) is 6.07 Å². The summed E-state index contributed by atoms with van der Waals surface area (Å²) in [4.78, 5) is 11.5. The maximum absolute atomic E-state index is 12.4. The lowest BCUT2D eigenvalue weighted by Crippen LogP contribution is -3.02. The van der Waals surface area contributed by atoms with Gasteiger partial charge in [-0.15, -0.1) is 0 Å². The Morgan fingerprint density at radius 1 is 1.36 bits per heavy atom. The van der Waals surface area contributed by atoms with Crippen LogP contribution in [0.2, 0.25) is 5.02 Å². The fraction of sp³-hybridized carbons (Fsp3) is 0.300. The summed E-state index contributed by atoms with van der Waals surface area (Å²) >= 11 is 5.73. The Morgan fingerprint density at radius 2 is 1.86 bits per heavy atom. The van der Waals surface area contributed by atoms with Gasteiger partial charge in [-0.3, -0.25) is 4.79 Å². The van der Waals surface area contributed by atoms with E-state index in [-0.39, 0.29) is 10.6 Å². The first-order valence-corrected chi connectivity index (χ1v) is 7.18. The highest BCUT2D eigenvalue weighted by molar-refractivity contribution is 7.88. The molecule has 0 heterocycles. The van der Waals surface area contributed by atoms with Crippen molar-refractivity contribution in [2.45, 2.75) is 19.4 Å². The smallest absolute Gasteiger partial charge is 0.369 e. The van der Waals surface area contributed by atoms with Crippen molar-refractivity contribution < 1.29 is 46.2 Å². The van der Waals surface area contributed by atoms with E-state index in [1.807, 2.05) is 0 Å². The highest BCUT2D eigenvalue weighted by atomic mass is 35.5. The summed E-state index contributed by atoms with van der Waals surface area (Å²) < 4.78 is 63.3. The first-order chi connectivity index (χ1) is 9.79. The number of carbonyl (C=O) groups is 1. The average molecular weight is 365 g/mol. The van der Waals surface area contributed by atoms with E-state index in [2.05, 4.69) is 4.18 Å². The van der Waals surface area contributed by atoms with Gasteiger partial charge in [0.15, 0.2) is 5.78 Å². The quantitative estimate of drug-likeness (QED) is 0.322. The second-order valence-corrected chi connectivity index (χ2v) is 6.04. The van der Waals surface area contributed by atoms with Crippen LogP contribution in [0.5, 0.6) is 5.75 Å². The molecule has 0 unspecified atom stereocenters. The average Bonchev–Trinajstić information content (AvgIpc) is 2.30. The summed E-state index contributed by atoms with van der Waals surface area (Å²) in [6, 6.07) is 0.868. The molecule has 0 bridgehead atoms. The van der Waals surface area contributed by atoms with Gasteiger partial charge in [0, 0.05) is 5.56 Å². The molecule has 0 radical (unpaired) electrons. The van der Waals surface area contributed by atoms with Crippen molar-refractivity contribution in [2.75, 3.05) is 0 Å². The molecule has 0 saturated heterocycles. The first-order valence-electron chi connectivity index (χ1n) is 5.39. The molecule has 7 nitrogen and oxygen atoms in total. The Morgan fingerprint density at radius 3 is 2.23 bits per heavy atom. The Kier molecular flexibility index (Phi) is 5.09. The van der Waals surface area contributed by atoms with Gasteiger partial charge in [-0.2, -0.15) is 32.0 Å². The number of quaternary nitrogens is 1. The summed E-state index contributed by atoms with van der Waals surface area (Å²) in [5.74, 6) is -2.05. The van der Waals surface area contributed by atoms with E-state index in [9.17, 15) is 26.4 Å². The van der Waals surface area contributed by atoms with Crippen molar-refractivity contribution in [1.82, 2.24) is 0 Å². The van der Waals surface area contributed by atoms with Gasteiger partial charge < -0.3 is 4.18 Å². The zero-order valence-electron chi connectivity index (χ0n) is 11.0. The molecule has 0 fully saturated rings. The second kappa shape index (κ2) is 6.01. The molecule has 12 heteroatoms. The molecule has 1 aromatic carbocycles. The van der Waals surface area contributed by atoms with E-state index < -0.39 is 43.6 Å². The van der Waals surface area contributed by atoms with E-state index in [1.54, 1.807) is 0 Å². The van der Waals surface area contributed by atoms with Gasteiger partial charge in [0.2, 0.25) is 11.4 Å². The van der Waals surface area contributed by atoms with Gasteiger partial charge >= 0.3 is 15.6 Å². The van der Waals surface area contributed by atoms with Gasteiger partial charge in [0.25, 0.3) is 0 Å². The molecule has 0 aromatic heterocycles. The molecule has 0 aliphatic carbocycles. The number of hydrogen-bond acceptors (Lipinski definition) is 6. The summed E-state index contributed by atoms with van der Waals surface area (Å²) in [6.07, 6.45) is 0. The Bertz CT molecular complexity index is 716. The minimum atomic E-state index is -6.12. The predicted molar refractivity (Wildman–Crippen MR) is 66.0 cm³/mol. The summed E-state index contributed by atoms with van der Waals surface area (Å²) in [6.45, 7) is 2.08. The molecular formula is C10H10ClF3NO6S+. The number of benzene rings is 1. The molecule has 3 N–H and O–H groups in total. The summed E-state index contributed by atoms with van der Waals surface area (Å²) in [5.41, 5.74) is -7.43. The number of hydrogen-bond donors (Lipinski definition) is 3. The molecule has 0 atom stereocenters. The number of ketones is 1. The molecule has 0 spiro atoms. The summed E-state index contributed by atoms with van der Waals surface area (Å²) in [5, 5.41) is 16.6. The van der Waals surface area contributed by atoms with Crippen LogP contribution < -0.4 is 9.41 Å². The zero-order chi connectivity index (χ0) is 17.5. The van der Waals surface area contributed by atoms with Crippen LogP contribution in [0, 0.1) is 6.92 Å². The zero-order valence-corrected chi connectivity index (χ0v) is 12.6. The molecule has 0 aliphatic rings. The van der Waals surface area contributed by atoms with Crippen molar-refractivity contribution >= 4 is 33.2 Å². The van der Waals surface area contributed by atoms with Crippen molar-refractivity contribution in [3.8, 4) is 5.75 Å². The van der Waals surface area contributed by atoms with Crippen LogP contribution in [0.3, 0.4) is 0 Å². The third-order valence-corrected chi connectivity index (χ3v) is 3.90. The highest BCUT2D eigenvalue weighted by Crippen LogP contribution is 2.38. The van der Waals surface area contributed by atoms with Crippen molar-refractivity contribution in [1.29, 1.82) is 0 Å². The van der Waals surface area contributed by atoms with Crippen LogP contribution in [-0.4, -0.2) is 30.1 Å². The topological polar surface area (TPSA) is 105 Å². The highest BCUT2D eigenvalue weighted by Gasteiger charge is 2.50. The monoisotopic (exact) mass is 364 g/mol. The molecule has 1 aromatic rings. The number of nitrogens with one attached hydrogen (secondary N) is 1. The standard InChI is InChI=1S/C10H9ClF3NO6S/c1-4-7(11)3-6(5(2)16)9(8(4)15(17)18)21-22(19,20)10(12,13)14/h3,17-18H,1-2H3/p+1. The van der Waals surface area contributed by atoms with E-state index >= 15 is 0 Å². The van der Waals surface area contributed by atoms with Crippen molar-refractivity contribution in [3.05, 3.63) is 22.2 Å². The normalized spacial score (nSPS) is 12.6. The van der Waals surface area contributed by atoms with Crippen LogP contribution >= 0.6 is 11.6 Å². The molecule has 124 valence electrons. The van der Waals surface area contributed by atoms with E-state index in [0.29, 0.717) is 0 Å². The Hall–Kier alpha value is -1.40. The Labute approximate surface area is 127 Å². The number of carbonyl (C=O) groups excluding carboxylic acids is 1. The van der Waals surface area contributed by atoms with Gasteiger partial charge in [-0.25, -0.2) is 0 Å². The molecule has 0 amide bonds. The van der Waals surface area contributed by atoms with Gasteiger partial charge in [0.1, 0.15) is 0 Å². The predicted octanol–water partition coefficient (Wildman–Crippen LogP) is 1.37. The summed E-state index contributed by atoms with van der Waals surface area (Å²) in [7, 11) is -6.12. The molecule has 0 aliphatic heterocycles. The first kappa shape index (κ1) is 18.6. The molecule has 22 heavy (non-hydrogen) atoms. The van der Waals surface area contributed by atoms with E-state index in [0.717, 1.165) is 13.0 Å². The third kappa shape index (κ3) is 3.50. The molecule has 0 saturated carbocycles. The van der Waals surface area contributed by atoms with Crippen LogP contribution in [0.25, 0.3) is 0 Å². The fourth-order valence-corrected chi connectivity index (χ4v) is 2.19. The lowest BCUT2D eigenvalue weighted by Gasteiger charge is -2.16. The van der Waals surface area contributed by atoms with Gasteiger partial charge in [-0.1, -0.05) is 11.6 Å². The third-order valence-electron chi connectivity index (χ3n) is 2.56. The van der Waals surface area contributed by atoms with Crippen molar-refractivity contribution in [3.63, 3.8) is 0 Å². The molecular weight excluding hydrogens is 355 g/mol.